The number of likely N-dealkylation sites (N-methyl/N-ethyl adjacent to an activating group) is 1. The van der Waals surface area contributed by atoms with Gasteiger partial charge in [0, 0.05) is 33.4 Å². The smallest absolute Gasteiger partial charge is 0.255 e. The van der Waals surface area contributed by atoms with E-state index in [1.54, 1.807) is 25.1 Å². The first-order valence-electron chi connectivity index (χ1n) is 6.24. The number of carbonyl (C=O) groups is 1. The molecule has 0 aromatic carbocycles. The Hall–Kier alpha value is -1.33. The number of hydrogen-bond donors (Lipinski definition) is 1. The third-order valence-electron chi connectivity index (χ3n) is 2.61. The number of rotatable bonds is 7. The molecule has 19 heavy (non-hydrogen) atoms. The number of carbonyl (C=O) groups excluding carboxylic acids is 1. The molecule has 0 aliphatic rings. The van der Waals surface area contributed by atoms with Gasteiger partial charge in [-0.05, 0) is 12.5 Å². The highest BCUT2D eigenvalue weighted by Gasteiger charge is 2.13. The summed E-state index contributed by atoms with van der Waals surface area (Å²) in [6.07, 6.45) is 2.52. The largest absolute Gasteiger partial charge is 0.383 e. The van der Waals surface area contributed by atoms with Gasteiger partial charge < -0.3 is 15.0 Å². The fourth-order valence-electron chi connectivity index (χ4n) is 1.48. The molecule has 1 heterocycles. The van der Waals surface area contributed by atoms with Crippen LogP contribution in [-0.2, 0) is 4.74 Å². The second kappa shape index (κ2) is 7.96. The van der Waals surface area contributed by atoms with Gasteiger partial charge in [-0.2, -0.15) is 0 Å². The molecule has 0 aliphatic carbocycles. The maximum absolute atomic E-state index is 12.1. The van der Waals surface area contributed by atoms with Crippen molar-refractivity contribution < 1.29 is 9.53 Å². The number of amides is 1. The minimum absolute atomic E-state index is 0.117. The molecule has 0 spiro atoms. The Morgan fingerprint density at radius 3 is 2.89 bits per heavy atom. The van der Waals surface area contributed by atoms with Crippen molar-refractivity contribution in [3.63, 3.8) is 0 Å². The average molecular weight is 286 g/mol. The molecule has 0 radical (unpaired) electrons. The molecule has 0 fully saturated rings. The van der Waals surface area contributed by atoms with Gasteiger partial charge in [0.25, 0.3) is 5.91 Å². The Morgan fingerprint density at radius 1 is 1.58 bits per heavy atom. The molecule has 1 aromatic heterocycles. The van der Waals surface area contributed by atoms with E-state index in [0.29, 0.717) is 29.6 Å². The van der Waals surface area contributed by atoms with Crippen LogP contribution in [0.15, 0.2) is 12.3 Å². The standard InChI is InChI=1S/C13H20ClN3O2/c1-4-5-15-12-11(14)8-10(9-16-12)13(18)17(2)6-7-19-3/h8-9H,4-7H2,1-3H3,(H,15,16). The minimum atomic E-state index is -0.117. The normalized spacial score (nSPS) is 10.3. The molecular formula is C13H20ClN3O2. The van der Waals surface area contributed by atoms with Crippen LogP contribution in [0.3, 0.4) is 0 Å². The van der Waals surface area contributed by atoms with Crippen molar-refractivity contribution >= 4 is 23.3 Å². The average Bonchev–Trinajstić information content (AvgIpc) is 2.42. The van der Waals surface area contributed by atoms with Gasteiger partial charge in [0.1, 0.15) is 5.82 Å². The van der Waals surface area contributed by atoms with E-state index in [1.165, 1.54) is 6.20 Å². The van der Waals surface area contributed by atoms with Crippen LogP contribution in [-0.4, -0.2) is 49.6 Å². The summed E-state index contributed by atoms with van der Waals surface area (Å²) in [5.41, 5.74) is 0.477. The summed E-state index contributed by atoms with van der Waals surface area (Å²) in [5.74, 6) is 0.494. The molecule has 106 valence electrons. The summed E-state index contributed by atoms with van der Waals surface area (Å²) < 4.78 is 4.94. The summed E-state index contributed by atoms with van der Waals surface area (Å²) in [4.78, 5) is 17.8. The Balaban J connectivity index is 2.73. The molecule has 0 unspecified atom stereocenters. The molecule has 5 nitrogen and oxygen atoms in total. The molecule has 0 saturated carbocycles. The number of ether oxygens (including phenoxy) is 1. The van der Waals surface area contributed by atoms with Crippen LogP contribution in [0.4, 0.5) is 5.82 Å². The quantitative estimate of drug-likeness (QED) is 0.835. The van der Waals surface area contributed by atoms with Crippen LogP contribution < -0.4 is 5.32 Å². The Morgan fingerprint density at radius 2 is 2.32 bits per heavy atom. The molecular weight excluding hydrogens is 266 g/mol. The van der Waals surface area contributed by atoms with Crippen molar-refractivity contribution in [2.45, 2.75) is 13.3 Å². The SMILES string of the molecule is CCCNc1ncc(C(=O)N(C)CCOC)cc1Cl. The van der Waals surface area contributed by atoms with E-state index in [4.69, 9.17) is 16.3 Å². The second-order valence-electron chi connectivity index (χ2n) is 4.20. The predicted octanol–water partition coefficient (Wildman–Crippen LogP) is 2.28. The lowest BCUT2D eigenvalue weighted by Gasteiger charge is -2.17. The first-order valence-corrected chi connectivity index (χ1v) is 6.61. The number of hydrogen-bond acceptors (Lipinski definition) is 4. The van der Waals surface area contributed by atoms with Gasteiger partial charge >= 0.3 is 0 Å². The van der Waals surface area contributed by atoms with Crippen molar-refractivity contribution in [2.24, 2.45) is 0 Å². The summed E-state index contributed by atoms with van der Waals surface area (Å²) in [7, 11) is 3.32. The van der Waals surface area contributed by atoms with Crippen LogP contribution >= 0.6 is 11.6 Å². The zero-order chi connectivity index (χ0) is 14.3. The number of nitrogens with one attached hydrogen (secondary N) is 1. The lowest BCUT2D eigenvalue weighted by atomic mass is 10.2. The van der Waals surface area contributed by atoms with Gasteiger partial charge in [-0.1, -0.05) is 18.5 Å². The summed E-state index contributed by atoms with van der Waals surface area (Å²) in [6, 6.07) is 1.64. The van der Waals surface area contributed by atoms with Crippen molar-refractivity contribution in [3.8, 4) is 0 Å². The highest BCUT2D eigenvalue weighted by Crippen LogP contribution is 2.20. The zero-order valence-corrected chi connectivity index (χ0v) is 12.3. The van der Waals surface area contributed by atoms with Crippen LogP contribution in [0.25, 0.3) is 0 Å². The van der Waals surface area contributed by atoms with Gasteiger partial charge in [0.15, 0.2) is 0 Å². The van der Waals surface area contributed by atoms with Crippen LogP contribution in [0.2, 0.25) is 5.02 Å². The van der Waals surface area contributed by atoms with Crippen LogP contribution in [0, 0.1) is 0 Å². The molecule has 1 rings (SSSR count). The maximum Gasteiger partial charge on any atom is 0.255 e. The fourth-order valence-corrected chi connectivity index (χ4v) is 1.71. The first kappa shape index (κ1) is 15.7. The van der Waals surface area contributed by atoms with Gasteiger partial charge in [-0.3, -0.25) is 4.79 Å². The Bertz CT molecular complexity index is 426. The van der Waals surface area contributed by atoms with E-state index in [-0.39, 0.29) is 5.91 Å². The summed E-state index contributed by atoms with van der Waals surface area (Å²) >= 11 is 6.10. The number of methoxy groups -OCH3 is 1. The maximum atomic E-state index is 12.1. The number of halogens is 1. The zero-order valence-electron chi connectivity index (χ0n) is 11.6. The van der Waals surface area contributed by atoms with Crippen molar-refractivity contribution in [1.82, 2.24) is 9.88 Å². The third-order valence-corrected chi connectivity index (χ3v) is 2.90. The molecule has 0 aliphatic heterocycles. The van der Waals surface area contributed by atoms with E-state index in [1.807, 2.05) is 0 Å². The highest BCUT2D eigenvalue weighted by atomic mass is 35.5. The third kappa shape index (κ3) is 4.69. The van der Waals surface area contributed by atoms with Crippen molar-refractivity contribution in [3.05, 3.63) is 22.8 Å². The Labute approximate surface area is 118 Å². The summed E-state index contributed by atoms with van der Waals surface area (Å²) in [6.45, 7) is 3.89. The number of anilines is 1. The molecule has 1 N–H and O–H groups in total. The lowest BCUT2D eigenvalue weighted by molar-refractivity contribution is 0.0744. The number of aromatic nitrogens is 1. The minimum Gasteiger partial charge on any atom is -0.383 e. The van der Waals surface area contributed by atoms with Crippen molar-refractivity contribution in [2.75, 3.05) is 39.2 Å². The summed E-state index contributed by atoms with van der Waals surface area (Å²) in [5, 5.41) is 3.56. The Kier molecular flexibility index (Phi) is 6.59. The molecule has 6 heteroatoms. The monoisotopic (exact) mass is 285 g/mol. The second-order valence-corrected chi connectivity index (χ2v) is 4.61. The first-order chi connectivity index (χ1) is 9.10. The van der Waals surface area contributed by atoms with Crippen molar-refractivity contribution in [1.29, 1.82) is 0 Å². The molecule has 0 atom stereocenters. The molecule has 1 amide bonds. The van der Waals surface area contributed by atoms with E-state index in [2.05, 4.69) is 17.2 Å². The van der Waals surface area contributed by atoms with Gasteiger partial charge in [0.05, 0.1) is 17.2 Å². The van der Waals surface area contributed by atoms with Gasteiger partial charge in [-0.15, -0.1) is 0 Å². The molecule has 0 bridgehead atoms. The van der Waals surface area contributed by atoms with E-state index in [0.717, 1.165) is 13.0 Å². The highest BCUT2D eigenvalue weighted by molar-refractivity contribution is 6.33. The topological polar surface area (TPSA) is 54.5 Å². The number of nitrogens with zero attached hydrogens (tertiary/aromatic N) is 2. The van der Waals surface area contributed by atoms with Crippen LogP contribution in [0.1, 0.15) is 23.7 Å². The molecule has 0 saturated heterocycles. The van der Waals surface area contributed by atoms with Crippen LogP contribution in [0.5, 0.6) is 0 Å². The van der Waals surface area contributed by atoms with E-state index >= 15 is 0 Å². The number of pyridine rings is 1. The van der Waals surface area contributed by atoms with Gasteiger partial charge in [-0.25, -0.2) is 4.98 Å². The van der Waals surface area contributed by atoms with E-state index in [9.17, 15) is 4.79 Å². The predicted molar refractivity (Wildman–Crippen MR) is 76.9 cm³/mol. The lowest BCUT2D eigenvalue weighted by Crippen LogP contribution is -2.30. The van der Waals surface area contributed by atoms with Gasteiger partial charge in [0.2, 0.25) is 0 Å². The fraction of sp³-hybridized carbons (Fsp3) is 0.538. The van der Waals surface area contributed by atoms with E-state index < -0.39 is 0 Å². The molecule has 1 aromatic rings.